The van der Waals surface area contributed by atoms with Gasteiger partial charge < -0.3 is 9.67 Å². The van der Waals surface area contributed by atoms with Crippen LogP contribution in [0.4, 0.5) is 0 Å². The normalized spacial score (nSPS) is 18.1. The van der Waals surface area contributed by atoms with E-state index in [2.05, 4.69) is 4.98 Å². The Morgan fingerprint density at radius 3 is 2.90 bits per heavy atom. The minimum Gasteiger partial charge on any atom is -0.393 e. The highest BCUT2D eigenvalue weighted by atomic mass is 16.3. The van der Waals surface area contributed by atoms with E-state index < -0.39 is 30.6 Å². The molecule has 0 saturated heterocycles. The van der Waals surface area contributed by atoms with Crippen LogP contribution in [0.15, 0.2) is 15.9 Å². The minimum absolute atomic E-state index is 0.0125. The van der Waals surface area contributed by atoms with Crippen LogP contribution >= 0.6 is 0 Å². The molecule has 20 heavy (non-hydrogen) atoms. The standard InChI is InChI=1S/C13H20N4O3/c1-9(18)6-4-5-7-17-12(19)10-11(14-8-15(10)2)16(3)13(17)20/h8-9,18H,4-7H2,1-3H3/t9-/m0/s1/i1D3,6D2. The maximum absolute atomic E-state index is 12.5. The number of nitrogens with zero attached hydrogens (tertiary/aromatic N) is 4. The van der Waals surface area contributed by atoms with Crippen LogP contribution in [0.1, 0.15) is 32.9 Å². The monoisotopic (exact) mass is 285 g/mol. The molecule has 2 aromatic rings. The molecule has 7 heteroatoms. The van der Waals surface area contributed by atoms with Crippen LogP contribution in [0, 0.1) is 0 Å². The largest absolute Gasteiger partial charge is 0.393 e. The van der Waals surface area contributed by atoms with Gasteiger partial charge >= 0.3 is 5.69 Å². The van der Waals surface area contributed by atoms with Gasteiger partial charge in [-0.3, -0.25) is 13.9 Å². The second-order valence-corrected chi connectivity index (χ2v) is 4.54. The molecule has 2 heterocycles. The first-order chi connectivity index (χ1) is 11.4. The van der Waals surface area contributed by atoms with E-state index in [4.69, 9.17) is 6.85 Å². The van der Waals surface area contributed by atoms with Crippen molar-refractivity contribution in [2.75, 3.05) is 0 Å². The van der Waals surface area contributed by atoms with Crippen molar-refractivity contribution in [2.45, 2.75) is 38.7 Å². The summed E-state index contributed by atoms with van der Waals surface area (Å²) < 4.78 is 40.4. The summed E-state index contributed by atoms with van der Waals surface area (Å²) in [7, 11) is 3.10. The van der Waals surface area contributed by atoms with E-state index in [0.717, 1.165) is 4.57 Å². The fourth-order valence-electron chi connectivity index (χ4n) is 2.07. The van der Waals surface area contributed by atoms with Crippen molar-refractivity contribution >= 4 is 11.2 Å². The Morgan fingerprint density at radius 1 is 1.45 bits per heavy atom. The predicted molar refractivity (Wildman–Crippen MR) is 75.7 cm³/mol. The van der Waals surface area contributed by atoms with E-state index in [1.165, 1.54) is 22.5 Å². The van der Waals surface area contributed by atoms with Crippen molar-refractivity contribution in [3.05, 3.63) is 27.2 Å². The molecule has 1 atom stereocenters. The SMILES string of the molecule is [2H]C([2H])([2H])[C@H](O)C([2H])([2H])CCCn1c(=O)c2c(ncn2C)n(C)c1=O. The lowest BCUT2D eigenvalue weighted by molar-refractivity contribution is 0.180. The Hall–Kier alpha value is -1.89. The summed E-state index contributed by atoms with van der Waals surface area (Å²) in [5, 5.41) is 9.63. The average molecular weight is 285 g/mol. The zero-order valence-electron chi connectivity index (χ0n) is 16.3. The number of fused-ring (bicyclic) bond motifs is 1. The number of rotatable bonds is 5. The molecule has 0 bridgehead atoms. The van der Waals surface area contributed by atoms with Gasteiger partial charge in [0, 0.05) is 27.5 Å². The third kappa shape index (κ3) is 2.53. The number of hydrogen-bond acceptors (Lipinski definition) is 4. The van der Waals surface area contributed by atoms with Gasteiger partial charge in [0.2, 0.25) is 0 Å². The topological polar surface area (TPSA) is 82.1 Å². The van der Waals surface area contributed by atoms with E-state index in [1.54, 1.807) is 7.05 Å². The van der Waals surface area contributed by atoms with Gasteiger partial charge in [0.1, 0.15) is 0 Å². The van der Waals surface area contributed by atoms with Crippen LogP contribution in [0.5, 0.6) is 0 Å². The highest BCUT2D eigenvalue weighted by molar-refractivity contribution is 5.69. The smallest absolute Gasteiger partial charge is 0.332 e. The quantitative estimate of drug-likeness (QED) is 0.837. The maximum Gasteiger partial charge on any atom is 0.332 e. The van der Waals surface area contributed by atoms with Gasteiger partial charge in [-0.1, -0.05) is 0 Å². The summed E-state index contributed by atoms with van der Waals surface area (Å²) in [4.78, 5) is 28.8. The molecule has 0 aliphatic rings. The molecular weight excluding hydrogens is 260 g/mol. The molecule has 1 N–H and O–H groups in total. The molecule has 2 rings (SSSR count). The van der Waals surface area contributed by atoms with Crippen molar-refractivity contribution in [1.29, 1.82) is 0 Å². The van der Waals surface area contributed by atoms with Crippen LogP contribution in [-0.2, 0) is 20.6 Å². The Bertz CT molecular complexity index is 896. The van der Waals surface area contributed by atoms with E-state index in [9.17, 15) is 14.7 Å². The molecule has 0 unspecified atom stereocenters. The Labute approximate surface area is 123 Å². The second kappa shape index (κ2) is 5.62. The summed E-state index contributed by atoms with van der Waals surface area (Å²) in [5.41, 5.74) is -0.641. The first kappa shape index (κ1) is 9.12. The number of aliphatic hydroxyl groups excluding tert-OH is 1. The van der Waals surface area contributed by atoms with Gasteiger partial charge in [-0.15, -0.1) is 0 Å². The van der Waals surface area contributed by atoms with E-state index in [1.807, 2.05) is 0 Å². The van der Waals surface area contributed by atoms with Gasteiger partial charge in [-0.05, 0) is 26.1 Å². The molecule has 0 fully saturated rings. The molecule has 0 radical (unpaired) electrons. The molecule has 0 spiro atoms. The van der Waals surface area contributed by atoms with E-state index in [-0.39, 0.29) is 30.6 Å². The maximum atomic E-state index is 12.5. The minimum atomic E-state index is -2.84. The molecule has 110 valence electrons. The summed E-state index contributed by atoms with van der Waals surface area (Å²) >= 11 is 0. The van der Waals surface area contributed by atoms with Gasteiger partial charge in [-0.2, -0.15) is 0 Å². The lowest BCUT2D eigenvalue weighted by Crippen LogP contribution is -2.39. The van der Waals surface area contributed by atoms with Crippen molar-refractivity contribution in [3.8, 4) is 0 Å². The third-order valence-corrected chi connectivity index (χ3v) is 3.10. The molecule has 0 saturated carbocycles. The predicted octanol–water partition coefficient (Wildman–Crippen LogP) is -0.0152. The van der Waals surface area contributed by atoms with Crippen molar-refractivity contribution in [1.82, 2.24) is 18.7 Å². The molecule has 0 aliphatic carbocycles. The zero-order valence-corrected chi connectivity index (χ0v) is 11.3. The van der Waals surface area contributed by atoms with Crippen molar-refractivity contribution in [3.63, 3.8) is 0 Å². The Balaban J connectivity index is 2.26. The van der Waals surface area contributed by atoms with Crippen LogP contribution in [0.2, 0.25) is 0 Å². The highest BCUT2D eigenvalue weighted by Crippen LogP contribution is 2.04. The van der Waals surface area contributed by atoms with Crippen LogP contribution in [0.3, 0.4) is 0 Å². The number of aromatic nitrogens is 4. The highest BCUT2D eigenvalue weighted by Gasteiger charge is 2.14. The molecule has 0 amide bonds. The number of hydrogen-bond donors (Lipinski definition) is 1. The Kier molecular flexibility index (Phi) is 2.56. The van der Waals surface area contributed by atoms with E-state index in [0.29, 0.717) is 0 Å². The van der Waals surface area contributed by atoms with Crippen molar-refractivity contribution < 1.29 is 12.0 Å². The number of aliphatic hydroxyl groups is 1. The van der Waals surface area contributed by atoms with Gasteiger partial charge in [0.05, 0.1) is 12.4 Å². The first-order valence-corrected chi connectivity index (χ1v) is 6.17. The van der Waals surface area contributed by atoms with Crippen LogP contribution in [0.25, 0.3) is 11.2 Å². The lowest BCUT2D eigenvalue weighted by Gasteiger charge is -2.09. The molecule has 0 aliphatic heterocycles. The summed E-state index contributed by atoms with van der Waals surface area (Å²) in [6.45, 7) is -2.94. The average Bonchev–Trinajstić information content (AvgIpc) is 2.88. The third-order valence-electron chi connectivity index (χ3n) is 3.10. The fourth-order valence-corrected chi connectivity index (χ4v) is 2.07. The van der Waals surface area contributed by atoms with Crippen LogP contribution < -0.4 is 11.2 Å². The number of aryl methyl sites for hydroxylation is 2. The molecule has 0 aromatic carbocycles. The van der Waals surface area contributed by atoms with Crippen LogP contribution in [-0.4, -0.2) is 29.9 Å². The summed E-state index contributed by atoms with van der Waals surface area (Å²) in [5.74, 6) is 0. The molecule has 7 nitrogen and oxygen atoms in total. The van der Waals surface area contributed by atoms with Gasteiger partial charge in [0.15, 0.2) is 11.2 Å². The molecule has 2 aromatic heterocycles. The van der Waals surface area contributed by atoms with E-state index >= 15 is 0 Å². The van der Waals surface area contributed by atoms with Crippen molar-refractivity contribution in [2.24, 2.45) is 14.1 Å². The fraction of sp³-hybridized carbons (Fsp3) is 0.615. The summed E-state index contributed by atoms with van der Waals surface area (Å²) in [6.07, 6.45) is -3.39. The summed E-state index contributed by atoms with van der Waals surface area (Å²) in [6, 6.07) is 0. The lowest BCUT2D eigenvalue weighted by atomic mass is 10.2. The first-order valence-electron chi connectivity index (χ1n) is 8.67. The van der Waals surface area contributed by atoms with Gasteiger partial charge in [0.25, 0.3) is 5.56 Å². The zero-order chi connectivity index (χ0) is 19.2. The molecular formula is C13H20N4O3. The van der Waals surface area contributed by atoms with Gasteiger partial charge in [-0.25, -0.2) is 9.78 Å². The second-order valence-electron chi connectivity index (χ2n) is 4.54. The number of imidazole rings is 1. The Morgan fingerprint density at radius 2 is 2.20 bits per heavy atom.